The fourth-order valence-electron chi connectivity index (χ4n) is 2.02. The maximum absolute atomic E-state index is 11.7. The monoisotopic (exact) mass is 260 g/mol. The SMILES string of the molecule is CSCC[C@H](N)C(=O)NC1CCC(C(=O)O)C1. The number of carbonyl (C=O) groups excluding carboxylic acids is 1. The van der Waals surface area contributed by atoms with Gasteiger partial charge in [-0.3, -0.25) is 9.59 Å². The fourth-order valence-corrected chi connectivity index (χ4v) is 2.51. The van der Waals surface area contributed by atoms with Gasteiger partial charge in [0.05, 0.1) is 12.0 Å². The van der Waals surface area contributed by atoms with Gasteiger partial charge in [-0.25, -0.2) is 0 Å². The van der Waals surface area contributed by atoms with Crippen LogP contribution in [0.2, 0.25) is 0 Å². The van der Waals surface area contributed by atoms with Crippen LogP contribution in [0.4, 0.5) is 0 Å². The standard InChI is InChI=1S/C11H20N2O3S/c1-17-5-4-9(12)10(14)13-8-3-2-7(6-8)11(15)16/h7-9H,2-6,12H2,1H3,(H,13,14)(H,15,16)/t7?,8?,9-/m0/s1. The number of hydrogen-bond donors (Lipinski definition) is 3. The second kappa shape index (κ2) is 6.86. The molecule has 3 atom stereocenters. The van der Waals surface area contributed by atoms with E-state index in [0.29, 0.717) is 19.3 Å². The molecule has 0 aromatic carbocycles. The highest BCUT2D eigenvalue weighted by atomic mass is 32.2. The van der Waals surface area contributed by atoms with E-state index in [1.165, 1.54) is 0 Å². The molecule has 6 heteroatoms. The number of aliphatic carboxylic acids is 1. The first-order valence-electron chi connectivity index (χ1n) is 5.82. The van der Waals surface area contributed by atoms with Gasteiger partial charge in [0, 0.05) is 6.04 Å². The first-order valence-corrected chi connectivity index (χ1v) is 7.21. The molecule has 0 bridgehead atoms. The highest BCUT2D eigenvalue weighted by molar-refractivity contribution is 7.98. The molecule has 0 aromatic heterocycles. The van der Waals surface area contributed by atoms with E-state index in [9.17, 15) is 9.59 Å². The lowest BCUT2D eigenvalue weighted by Gasteiger charge is -2.16. The summed E-state index contributed by atoms with van der Waals surface area (Å²) in [6.07, 6.45) is 4.52. The summed E-state index contributed by atoms with van der Waals surface area (Å²) in [6, 6.07) is -0.504. The smallest absolute Gasteiger partial charge is 0.306 e. The van der Waals surface area contributed by atoms with Crippen LogP contribution in [-0.2, 0) is 9.59 Å². The molecule has 0 radical (unpaired) electrons. The Morgan fingerprint density at radius 3 is 2.76 bits per heavy atom. The van der Waals surface area contributed by atoms with Crippen molar-refractivity contribution in [3.05, 3.63) is 0 Å². The number of carboxylic acids is 1. The molecule has 1 rings (SSSR count). The predicted molar refractivity (Wildman–Crippen MR) is 67.9 cm³/mol. The molecular formula is C11H20N2O3S. The number of rotatable bonds is 6. The lowest BCUT2D eigenvalue weighted by atomic mass is 10.1. The molecule has 1 fully saturated rings. The van der Waals surface area contributed by atoms with Gasteiger partial charge in [0.25, 0.3) is 0 Å². The second-order valence-electron chi connectivity index (χ2n) is 4.44. The summed E-state index contributed by atoms with van der Waals surface area (Å²) >= 11 is 1.66. The minimum Gasteiger partial charge on any atom is -0.481 e. The topological polar surface area (TPSA) is 92.4 Å². The van der Waals surface area contributed by atoms with Crippen LogP contribution in [0.5, 0.6) is 0 Å². The van der Waals surface area contributed by atoms with Crippen molar-refractivity contribution in [1.82, 2.24) is 5.32 Å². The van der Waals surface area contributed by atoms with Gasteiger partial charge < -0.3 is 16.2 Å². The summed E-state index contributed by atoms with van der Waals surface area (Å²) in [4.78, 5) is 22.5. The molecular weight excluding hydrogens is 240 g/mol. The average Bonchev–Trinajstić information content (AvgIpc) is 2.74. The third-order valence-electron chi connectivity index (χ3n) is 3.10. The van der Waals surface area contributed by atoms with Crippen molar-refractivity contribution in [2.45, 2.75) is 37.8 Å². The van der Waals surface area contributed by atoms with Crippen molar-refractivity contribution in [3.63, 3.8) is 0 Å². The summed E-state index contributed by atoms with van der Waals surface area (Å²) in [6.45, 7) is 0. The van der Waals surface area contributed by atoms with Crippen LogP contribution in [-0.4, -0.2) is 41.1 Å². The molecule has 1 aliphatic rings. The third kappa shape index (κ3) is 4.55. The molecule has 1 aliphatic carbocycles. The van der Waals surface area contributed by atoms with Crippen LogP contribution in [0.15, 0.2) is 0 Å². The van der Waals surface area contributed by atoms with Gasteiger partial charge in [0.15, 0.2) is 0 Å². The summed E-state index contributed by atoms with van der Waals surface area (Å²) in [5.74, 6) is -0.386. The Labute approximate surface area is 106 Å². The fraction of sp³-hybridized carbons (Fsp3) is 0.818. The van der Waals surface area contributed by atoms with Crippen LogP contribution >= 0.6 is 11.8 Å². The van der Waals surface area contributed by atoms with Crippen molar-refractivity contribution in [2.24, 2.45) is 11.7 Å². The van der Waals surface area contributed by atoms with E-state index in [1.807, 2.05) is 6.26 Å². The van der Waals surface area contributed by atoms with Crippen molar-refractivity contribution >= 4 is 23.6 Å². The second-order valence-corrected chi connectivity index (χ2v) is 5.43. The summed E-state index contributed by atoms with van der Waals surface area (Å²) in [7, 11) is 0. The maximum atomic E-state index is 11.7. The van der Waals surface area contributed by atoms with Gasteiger partial charge in [-0.15, -0.1) is 0 Å². The Kier molecular flexibility index (Phi) is 5.77. The highest BCUT2D eigenvalue weighted by Crippen LogP contribution is 2.25. The van der Waals surface area contributed by atoms with Crippen LogP contribution in [0.3, 0.4) is 0 Å². The summed E-state index contributed by atoms with van der Waals surface area (Å²) < 4.78 is 0. The molecule has 17 heavy (non-hydrogen) atoms. The number of thioether (sulfide) groups is 1. The summed E-state index contributed by atoms with van der Waals surface area (Å²) in [5, 5.41) is 11.7. The van der Waals surface area contributed by atoms with E-state index in [4.69, 9.17) is 10.8 Å². The van der Waals surface area contributed by atoms with E-state index in [0.717, 1.165) is 12.2 Å². The van der Waals surface area contributed by atoms with Crippen LogP contribution < -0.4 is 11.1 Å². The van der Waals surface area contributed by atoms with Gasteiger partial charge in [0.1, 0.15) is 0 Å². The minimum atomic E-state index is -0.770. The van der Waals surface area contributed by atoms with Crippen LogP contribution in [0, 0.1) is 5.92 Å². The minimum absolute atomic E-state index is 0.0241. The summed E-state index contributed by atoms with van der Waals surface area (Å²) in [5.41, 5.74) is 5.73. The number of carbonyl (C=O) groups is 2. The maximum Gasteiger partial charge on any atom is 0.306 e. The molecule has 5 nitrogen and oxygen atoms in total. The number of carboxylic acid groups (broad SMARTS) is 1. The number of amides is 1. The number of nitrogens with two attached hydrogens (primary N) is 1. The van der Waals surface area contributed by atoms with Gasteiger partial charge in [-0.05, 0) is 37.7 Å². The molecule has 4 N–H and O–H groups in total. The van der Waals surface area contributed by atoms with Crippen molar-refractivity contribution in [1.29, 1.82) is 0 Å². The predicted octanol–water partition coefficient (Wildman–Crippen LogP) is 0.436. The molecule has 98 valence electrons. The largest absolute Gasteiger partial charge is 0.481 e. The van der Waals surface area contributed by atoms with Crippen molar-refractivity contribution in [3.8, 4) is 0 Å². The van der Waals surface area contributed by atoms with E-state index < -0.39 is 12.0 Å². The molecule has 1 saturated carbocycles. The Morgan fingerprint density at radius 1 is 1.53 bits per heavy atom. The van der Waals surface area contributed by atoms with Crippen LogP contribution in [0.25, 0.3) is 0 Å². The van der Waals surface area contributed by atoms with E-state index in [-0.39, 0.29) is 17.9 Å². The van der Waals surface area contributed by atoms with Gasteiger partial charge >= 0.3 is 5.97 Å². The zero-order valence-electron chi connectivity index (χ0n) is 10.0. The molecule has 2 unspecified atom stereocenters. The molecule has 1 amide bonds. The first-order chi connectivity index (χ1) is 8.04. The Bertz CT molecular complexity index is 286. The zero-order chi connectivity index (χ0) is 12.8. The Balaban J connectivity index is 2.30. The Morgan fingerprint density at radius 2 is 2.24 bits per heavy atom. The third-order valence-corrected chi connectivity index (χ3v) is 3.74. The van der Waals surface area contributed by atoms with Gasteiger partial charge in [-0.1, -0.05) is 0 Å². The average molecular weight is 260 g/mol. The van der Waals surface area contributed by atoms with Crippen molar-refractivity contribution < 1.29 is 14.7 Å². The lowest BCUT2D eigenvalue weighted by molar-refractivity contribution is -0.141. The quantitative estimate of drug-likeness (QED) is 0.644. The van der Waals surface area contributed by atoms with Crippen molar-refractivity contribution in [2.75, 3.05) is 12.0 Å². The first kappa shape index (κ1) is 14.3. The highest BCUT2D eigenvalue weighted by Gasteiger charge is 2.31. The van der Waals surface area contributed by atoms with Gasteiger partial charge in [-0.2, -0.15) is 11.8 Å². The molecule has 0 spiro atoms. The van der Waals surface area contributed by atoms with Gasteiger partial charge in [0.2, 0.25) is 5.91 Å². The normalized spacial score (nSPS) is 25.5. The lowest BCUT2D eigenvalue weighted by Crippen LogP contribution is -2.45. The van der Waals surface area contributed by atoms with E-state index >= 15 is 0 Å². The molecule has 0 saturated heterocycles. The van der Waals surface area contributed by atoms with E-state index in [1.54, 1.807) is 11.8 Å². The molecule has 0 aliphatic heterocycles. The van der Waals surface area contributed by atoms with E-state index in [2.05, 4.69) is 5.32 Å². The molecule has 0 aromatic rings. The Hall–Kier alpha value is -0.750. The number of nitrogens with one attached hydrogen (secondary N) is 1. The number of hydrogen-bond acceptors (Lipinski definition) is 4. The van der Waals surface area contributed by atoms with Crippen LogP contribution in [0.1, 0.15) is 25.7 Å². The molecule has 0 heterocycles. The zero-order valence-corrected chi connectivity index (χ0v) is 10.8.